The van der Waals surface area contributed by atoms with Crippen LogP contribution in [0.15, 0.2) is 24.3 Å². The van der Waals surface area contributed by atoms with Crippen molar-refractivity contribution >= 4 is 11.9 Å². The number of ether oxygens (including phenoxy) is 2. The highest BCUT2D eigenvalue weighted by Crippen LogP contribution is 2.05. The molecule has 0 aromatic heterocycles. The minimum atomic E-state index is -1.01. The Morgan fingerprint density at radius 3 is 2.47 bits per heavy atom. The molecule has 1 heterocycles. The molecular weight excluding hydrogens is 250 g/mol. The molecule has 19 heavy (non-hydrogen) atoms. The number of nitrogens with one attached hydrogen (secondary N) is 1. The first kappa shape index (κ1) is 13.5. The second-order valence-electron chi connectivity index (χ2n) is 4.16. The van der Waals surface area contributed by atoms with Crippen molar-refractivity contribution in [2.45, 2.75) is 6.10 Å². The fraction of sp³-hybridized carbons (Fsp3) is 0.385. The number of amides is 1. The second kappa shape index (κ2) is 6.31. The summed E-state index contributed by atoms with van der Waals surface area (Å²) in [5, 5.41) is 11.5. The molecule has 1 aromatic carbocycles. The first-order valence-corrected chi connectivity index (χ1v) is 5.97. The van der Waals surface area contributed by atoms with Crippen LogP contribution in [0.3, 0.4) is 0 Å². The zero-order valence-electron chi connectivity index (χ0n) is 10.3. The van der Waals surface area contributed by atoms with Gasteiger partial charge in [0, 0.05) is 12.1 Å². The van der Waals surface area contributed by atoms with Gasteiger partial charge in [0.2, 0.25) is 0 Å². The zero-order chi connectivity index (χ0) is 13.7. The minimum Gasteiger partial charge on any atom is -0.478 e. The number of hydrogen-bond acceptors (Lipinski definition) is 4. The number of carbonyl (C=O) groups excluding carboxylic acids is 1. The van der Waals surface area contributed by atoms with Gasteiger partial charge in [-0.25, -0.2) is 4.79 Å². The van der Waals surface area contributed by atoms with E-state index in [0.717, 1.165) is 0 Å². The number of benzene rings is 1. The van der Waals surface area contributed by atoms with E-state index in [1.165, 1.54) is 24.3 Å². The third-order valence-corrected chi connectivity index (χ3v) is 2.77. The van der Waals surface area contributed by atoms with Gasteiger partial charge in [-0.1, -0.05) is 0 Å². The second-order valence-corrected chi connectivity index (χ2v) is 4.16. The Balaban J connectivity index is 1.86. The standard InChI is InChI=1S/C13H15NO5/c15-12(14-7-11-8-18-5-6-19-11)9-1-3-10(4-2-9)13(16)17/h1-4,11H,5-8H2,(H,14,15)(H,16,17)/t11-/m0/s1. The maximum atomic E-state index is 11.8. The summed E-state index contributed by atoms with van der Waals surface area (Å²) < 4.78 is 10.6. The smallest absolute Gasteiger partial charge is 0.335 e. The lowest BCUT2D eigenvalue weighted by molar-refractivity contribution is -0.0855. The molecule has 6 heteroatoms. The Kier molecular flexibility index (Phi) is 4.48. The highest BCUT2D eigenvalue weighted by Gasteiger charge is 2.15. The molecule has 0 aliphatic carbocycles. The van der Waals surface area contributed by atoms with Gasteiger partial charge in [0.05, 0.1) is 31.5 Å². The molecule has 0 bridgehead atoms. The third kappa shape index (κ3) is 3.77. The molecule has 102 valence electrons. The molecule has 1 atom stereocenters. The van der Waals surface area contributed by atoms with Crippen LogP contribution in [-0.4, -0.2) is 49.5 Å². The quantitative estimate of drug-likeness (QED) is 0.829. The number of rotatable bonds is 4. The maximum absolute atomic E-state index is 11.8. The summed E-state index contributed by atoms with van der Waals surface area (Å²) in [5.41, 5.74) is 0.572. The van der Waals surface area contributed by atoms with Gasteiger partial charge >= 0.3 is 5.97 Å². The molecule has 2 N–H and O–H groups in total. The molecule has 1 aliphatic heterocycles. The molecular formula is C13H15NO5. The first-order chi connectivity index (χ1) is 9.16. The number of carbonyl (C=O) groups is 2. The van der Waals surface area contributed by atoms with E-state index >= 15 is 0 Å². The van der Waals surface area contributed by atoms with Gasteiger partial charge in [0.15, 0.2) is 0 Å². The molecule has 0 spiro atoms. The normalized spacial score (nSPS) is 18.8. The Bertz CT molecular complexity index is 451. The highest BCUT2D eigenvalue weighted by molar-refractivity contribution is 5.95. The summed E-state index contributed by atoms with van der Waals surface area (Å²) in [6.45, 7) is 1.96. The van der Waals surface area contributed by atoms with E-state index < -0.39 is 5.97 Å². The van der Waals surface area contributed by atoms with Crippen LogP contribution in [0.5, 0.6) is 0 Å². The summed E-state index contributed by atoms with van der Waals surface area (Å²) >= 11 is 0. The predicted octanol–water partition coefficient (Wildman–Crippen LogP) is 0.530. The highest BCUT2D eigenvalue weighted by atomic mass is 16.6. The van der Waals surface area contributed by atoms with Crippen LogP contribution >= 0.6 is 0 Å². The SMILES string of the molecule is O=C(O)c1ccc(C(=O)NC[C@H]2COCCO2)cc1. The van der Waals surface area contributed by atoms with Crippen molar-refractivity contribution < 1.29 is 24.2 Å². The van der Waals surface area contributed by atoms with E-state index in [1.54, 1.807) is 0 Å². The van der Waals surface area contributed by atoms with Crippen LogP contribution in [0, 0.1) is 0 Å². The fourth-order valence-electron chi connectivity index (χ4n) is 1.73. The Hall–Kier alpha value is -1.92. The molecule has 0 unspecified atom stereocenters. The first-order valence-electron chi connectivity index (χ1n) is 5.97. The average molecular weight is 265 g/mol. The van der Waals surface area contributed by atoms with E-state index in [2.05, 4.69) is 5.32 Å². The van der Waals surface area contributed by atoms with Crippen LogP contribution < -0.4 is 5.32 Å². The van der Waals surface area contributed by atoms with Gasteiger partial charge in [-0.05, 0) is 24.3 Å². The minimum absolute atomic E-state index is 0.129. The van der Waals surface area contributed by atoms with Crippen molar-refractivity contribution in [3.05, 3.63) is 35.4 Å². The van der Waals surface area contributed by atoms with E-state index in [9.17, 15) is 9.59 Å². The zero-order valence-corrected chi connectivity index (χ0v) is 10.3. The van der Waals surface area contributed by atoms with Crippen LogP contribution in [0.4, 0.5) is 0 Å². The molecule has 0 radical (unpaired) electrons. The molecule has 6 nitrogen and oxygen atoms in total. The van der Waals surface area contributed by atoms with Gasteiger partial charge in [-0.15, -0.1) is 0 Å². The van der Waals surface area contributed by atoms with Gasteiger partial charge in [0.25, 0.3) is 5.91 Å². The molecule has 1 aliphatic rings. The Labute approximate surface area is 110 Å². The van der Waals surface area contributed by atoms with Crippen molar-refractivity contribution in [3.63, 3.8) is 0 Å². The summed E-state index contributed by atoms with van der Waals surface area (Å²) in [5.74, 6) is -1.27. The summed E-state index contributed by atoms with van der Waals surface area (Å²) in [7, 11) is 0. The summed E-state index contributed by atoms with van der Waals surface area (Å²) in [4.78, 5) is 22.5. The lowest BCUT2D eigenvalue weighted by Gasteiger charge is -2.23. The summed E-state index contributed by atoms with van der Waals surface area (Å²) in [6, 6.07) is 5.77. The van der Waals surface area contributed by atoms with Crippen molar-refractivity contribution in [1.82, 2.24) is 5.32 Å². The van der Waals surface area contributed by atoms with Gasteiger partial charge in [0.1, 0.15) is 0 Å². The monoisotopic (exact) mass is 265 g/mol. The maximum Gasteiger partial charge on any atom is 0.335 e. The van der Waals surface area contributed by atoms with E-state index in [4.69, 9.17) is 14.6 Å². The van der Waals surface area contributed by atoms with Crippen molar-refractivity contribution in [1.29, 1.82) is 0 Å². The van der Waals surface area contributed by atoms with Crippen LogP contribution in [-0.2, 0) is 9.47 Å². The lowest BCUT2D eigenvalue weighted by Crippen LogP contribution is -2.39. The Morgan fingerprint density at radius 2 is 1.89 bits per heavy atom. The van der Waals surface area contributed by atoms with E-state index in [-0.39, 0.29) is 17.6 Å². The third-order valence-electron chi connectivity index (χ3n) is 2.77. The molecule has 0 saturated carbocycles. The van der Waals surface area contributed by atoms with Crippen molar-refractivity contribution in [2.75, 3.05) is 26.4 Å². The lowest BCUT2D eigenvalue weighted by atomic mass is 10.1. The van der Waals surface area contributed by atoms with Crippen LogP contribution in [0.2, 0.25) is 0 Å². The predicted molar refractivity (Wildman–Crippen MR) is 66.3 cm³/mol. The van der Waals surface area contributed by atoms with Gasteiger partial charge in [-0.2, -0.15) is 0 Å². The largest absolute Gasteiger partial charge is 0.478 e. The fourth-order valence-corrected chi connectivity index (χ4v) is 1.73. The number of carboxylic acids is 1. The number of hydrogen-bond donors (Lipinski definition) is 2. The van der Waals surface area contributed by atoms with Crippen molar-refractivity contribution in [3.8, 4) is 0 Å². The molecule has 1 aromatic rings. The van der Waals surface area contributed by atoms with Crippen LogP contribution in [0.1, 0.15) is 20.7 Å². The van der Waals surface area contributed by atoms with Crippen LogP contribution in [0.25, 0.3) is 0 Å². The molecule has 1 fully saturated rings. The number of aromatic carboxylic acids is 1. The van der Waals surface area contributed by atoms with E-state index in [1.807, 2.05) is 0 Å². The summed E-state index contributed by atoms with van der Waals surface area (Å²) in [6.07, 6.45) is -0.129. The Morgan fingerprint density at radius 1 is 1.21 bits per heavy atom. The average Bonchev–Trinajstić information content (AvgIpc) is 2.46. The van der Waals surface area contributed by atoms with Crippen molar-refractivity contribution in [2.24, 2.45) is 0 Å². The van der Waals surface area contributed by atoms with Gasteiger partial charge in [-0.3, -0.25) is 4.79 Å². The molecule has 1 amide bonds. The number of carboxylic acid groups (broad SMARTS) is 1. The molecule has 1 saturated heterocycles. The molecule has 2 rings (SSSR count). The topological polar surface area (TPSA) is 84.9 Å². The van der Waals surface area contributed by atoms with Gasteiger partial charge < -0.3 is 19.9 Å². The van der Waals surface area contributed by atoms with E-state index in [0.29, 0.717) is 31.9 Å².